The van der Waals surface area contributed by atoms with E-state index in [0.717, 1.165) is 16.4 Å². The molecule has 19 heavy (non-hydrogen) atoms. The molecule has 1 N–H and O–H groups in total. The second kappa shape index (κ2) is 6.44. The van der Waals surface area contributed by atoms with Gasteiger partial charge < -0.3 is 5.32 Å². The summed E-state index contributed by atoms with van der Waals surface area (Å²) < 4.78 is 0. The molecule has 2 aromatic rings. The van der Waals surface area contributed by atoms with Gasteiger partial charge >= 0.3 is 0 Å². The Morgan fingerprint density at radius 3 is 2.37 bits per heavy atom. The van der Waals surface area contributed by atoms with E-state index in [1.54, 1.807) is 0 Å². The first-order valence-electron chi connectivity index (χ1n) is 6.45. The van der Waals surface area contributed by atoms with E-state index in [1.807, 2.05) is 43.3 Å². The van der Waals surface area contributed by atoms with E-state index in [2.05, 4.69) is 36.5 Å². The van der Waals surface area contributed by atoms with Crippen molar-refractivity contribution in [2.45, 2.75) is 19.8 Å². The Balaban J connectivity index is 2.31. The van der Waals surface area contributed by atoms with E-state index >= 15 is 0 Å². The first kappa shape index (κ1) is 13.7. The van der Waals surface area contributed by atoms with E-state index in [1.165, 1.54) is 5.56 Å². The predicted molar refractivity (Wildman–Crippen MR) is 84.2 cm³/mol. The van der Waals surface area contributed by atoms with Crippen LogP contribution in [0.1, 0.15) is 25.3 Å². The van der Waals surface area contributed by atoms with Crippen molar-refractivity contribution in [3.63, 3.8) is 0 Å². The highest BCUT2D eigenvalue weighted by Gasteiger charge is 2.12. The van der Waals surface area contributed by atoms with Crippen molar-refractivity contribution >= 4 is 23.0 Å². The molecule has 0 saturated carbocycles. The maximum Gasteiger partial charge on any atom is 0.0423 e. The number of hydrogen-bond donors (Lipinski definition) is 1. The lowest BCUT2D eigenvalue weighted by atomic mass is 9.98. The summed E-state index contributed by atoms with van der Waals surface area (Å²) in [6.45, 7) is 4.08. The smallest absolute Gasteiger partial charge is 0.0423 e. The number of halogens is 1. The molecule has 2 rings (SSSR count). The van der Waals surface area contributed by atoms with Gasteiger partial charge in [0, 0.05) is 22.3 Å². The average Bonchev–Trinajstić information content (AvgIpc) is 2.47. The number of anilines is 2. The normalized spacial score (nSPS) is 13.1. The minimum Gasteiger partial charge on any atom is -0.355 e. The molecular weight excluding hydrogens is 254 g/mol. The number of benzene rings is 2. The highest BCUT2D eigenvalue weighted by atomic mass is 35.5. The second-order valence-electron chi connectivity index (χ2n) is 4.47. The zero-order valence-corrected chi connectivity index (χ0v) is 12.0. The fourth-order valence-corrected chi connectivity index (χ4v) is 2.18. The monoisotopic (exact) mass is 271 g/mol. The van der Waals surface area contributed by atoms with Crippen LogP contribution in [-0.4, -0.2) is 0 Å². The minimum absolute atomic E-state index is 0.194. The van der Waals surface area contributed by atoms with Crippen LogP contribution in [0.4, 0.5) is 11.4 Å². The Hall–Kier alpha value is -1.73. The molecule has 2 aromatic carbocycles. The predicted octanol–water partition coefficient (Wildman–Crippen LogP) is 5.68. The Labute approximate surface area is 119 Å². The summed E-state index contributed by atoms with van der Waals surface area (Å²) in [6.07, 6.45) is 1.95. The van der Waals surface area contributed by atoms with Crippen LogP contribution in [0.15, 0.2) is 65.7 Å². The summed E-state index contributed by atoms with van der Waals surface area (Å²) in [6, 6.07) is 18.4. The number of rotatable bonds is 4. The third-order valence-electron chi connectivity index (χ3n) is 3.17. The lowest BCUT2D eigenvalue weighted by Crippen LogP contribution is -2.00. The van der Waals surface area contributed by atoms with Crippen LogP contribution < -0.4 is 5.32 Å². The van der Waals surface area contributed by atoms with Crippen LogP contribution >= 0.6 is 11.6 Å². The van der Waals surface area contributed by atoms with Crippen molar-refractivity contribution in [3.8, 4) is 0 Å². The topological polar surface area (TPSA) is 12.0 Å². The Bertz CT molecular complexity index is 560. The largest absolute Gasteiger partial charge is 0.355 e. The first-order valence-corrected chi connectivity index (χ1v) is 6.83. The van der Waals surface area contributed by atoms with Crippen molar-refractivity contribution in [3.05, 3.63) is 71.3 Å². The molecule has 2 heteroatoms. The van der Waals surface area contributed by atoms with Gasteiger partial charge in [-0.15, -0.1) is 0 Å². The van der Waals surface area contributed by atoms with Crippen LogP contribution in [0.5, 0.6) is 0 Å². The second-order valence-corrected chi connectivity index (χ2v) is 4.91. The maximum atomic E-state index is 6.26. The SMILES string of the molecule is CC=C(Cl)C(C)c1ccccc1Nc1ccccc1. The zero-order chi connectivity index (χ0) is 13.7. The summed E-state index contributed by atoms with van der Waals surface area (Å²) in [7, 11) is 0. The van der Waals surface area contributed by atoms with Crippen molar-refractivity contribution < 1.29 is 0 Å². The quantitative estimate of drug-likeness (QED) is 0.755. The minimum atomic E-state index is 0.194. The van der Waals surface area contributed by atoms with Gasteiger partial charge in [0.15, 0.2) is 0 Å². The van der Waals surface area contributed by atoms with Crippen molar-refractivity contribution in [2.24, 2.45) is 0 Å². The average molecular weight is 272 g/mol. The van der Waals surface area contributed by atoms with Crippen LogP contribution in [0.25, 0.3) is 0 Å². The van der Waals surface area contributed by atoms with Crippen LogP contribution in [0.3, 0.4) is 0 Å². The molecule has 0 aliphatic heterocycles. The molecule has 0 radical (unpaired) electrons. The summed E-state index contributed by atoms with van der Waals surface area (Å²) in [5.74, 6) is 0.194. The summed E-state index contributed by atoms with van der Waals surface area (Å²) in [4.78, 5) is 0. The Kier molecular flexibility index (Phi) is 4.64. The van der Waals surface area contributed by atoms with Gasteiger partial charge in [-0.25, -0.2) is 0 Å². The standard InChI is InChI=1S/C17H18ClN/c1-3-16(18)13(2)15-11-7-8-12-17(15)19-14-9-5-4-6-10-14/h3-13,19H,1-2H3. The molecule has 1 unspecified atom stereocenters. The molecular formula is C17H18ClN. The molecule has 1 atom stereocenters. The van der Waals surface area contributed by atoms with E-state index in [4.69, 9.17) is 11.6 Å². The molecule has 1 nitrogen and oxygen atoms in total. The van der Waals surface area contributed by atoms with Gasteiger partial charge in [0.2, 0.25) is 0 Å². The van der Waals surface area contributed by atoms with E-state index < -0.39 is 0 Å². The number of allylic oxidation sites excluding steroid dienone is 2. The number of hydrogen-bond acceptors (Lipinski definition) is 1. The third-order valence-corrected chi connectivity index (χ3v) is 3.72. The molecule has 0 aliphatic rings. The lowest BCUT2D eigenvalue weighted by molar-refractivity contribution is 0.947. The zero-order valence-electron chi connectivity index (χ0n) is 11.2. The molecule has 0 heterocycles. The first-order chi connectivity index (χ1) is 9.22. The Morgan fingerprint density at radius 2 is 1.68 bits per heavy atom. The summed E-state index contributed by atoms with van der Waals surface area (Å²) in [5.41, 5.74) is 3.38. The fourth-order valence-electron chi connectivity index (χ4n) is 2.06. The summed E-state index contributed by atoms with van der Waals surface area (Å²) in [5, 5.41) is 4.31. The third kappa shape index (κ3) is 3.39. The van der Waals surface area contributed by atoms with Crippen molar-refractivity contribution in [1.82, 2.24) is 0 Å². The van der Waals surface area contributed by atoms with Crippen molar-refractivity contribution in [2.75, 3.05) is 5.32 Å². The van der Waals surface area contributed by atoms with Gasteiger partial charge in [0.1, 0.15) is 0 Å². The van der Waals surface area contributed by atoms with Crippen LogP contribution in [0.2, 0.25) is 0 Å². The van der Waals surface area contributed by atoms with E-state index in [-0.39, 0.29) is 5.92 Å². The highest BCUT2D eigenvalue weighted by molar-refractivity contribution is 6.30. The maximum absolute atomic E-state index is 6.26. The number of para-hydroxylation sites is 2. The van der Waals surface area contributed by atoms with Gasteiger partial charge in [-0.3, -0.25) is 0 Å². The van der Waals surface area contributed by atoms with Gasteiger partial charge in [0.05, 0.1) is 0 Å². The molecule has 0 amide bonds. The molecule has 0 saturated heterocycles. The van der Waals surface area contributed by atoms with E-state index in [9.17, 15) is 0 Å². The van der Waals surface area contributed by atoms with Gasteiger partial charge in [-0.2, -0.15) is 0 Å². The molecule has 0 fully saturated rings. The van der Waals surface area contributed by atoms with Gasteiger partial charge in [-0.1, -0.05) is 61.0 Å². The van der Waals surface area contributed by atoms with Crippen molar-refractivity contribution in [1.29, 1.82) is 0 Å². The fraction of sp³-hybridized carbons (Fsp3) is 0.176. The lowest BCUT2D eigenvalue weighted by Gasteiger charge is -2.17. The van der Waals surface area contributed by atoms with Crippen LogP contribution in [-0.2, 0) is 0 Å². The highest BCUT2D eigenvalue weighted by Crippen LogP contribution is 2.33. The van der Waals surface area contributed by atoms with E-state index in [0.29, 0.717) is 0 Å². The molecule has 0 aromatic heterocycles. The summed E-state index contributed by atoms with van der Waals surface area (Å²) >= 11 is 6.26. The van der Waals surface area contributed by atoms with Gasteiger partial charge in [-0.05, 0) is 30.7 Å². The molecule has 98 valence electrons. The number of nitrogens with one attached hydrogen (secondary N) is 1. The molecule has 0 spiro atoms. The van der Waals surface area contributed by atoms with Crippen LogP contribution in [0, 0.1) is 0 Å². The van der Waals surface area contributed by atoms with Gasteiger partial charge in [0.25, 0.3) is 0 Å². The molecule has 0 aliphatic carbocycles. The molecule has 0 bridgehead atoms. The Morgan fingerprint density at radius 1 is 1.05 bits per heavy atom.